The Morgan fingerprint density at radius 2 is 2.00 bits per heavy atom. The summed E-state index contributed by atoms with van der Waals surface area (Å²) in [7, 11) is 0. The summed E-state index contributed by atoms with van der Waals surface area (Å²) in [5.41, 5.74) is -0.539. The highest BCUT2D eigenvalue weighted by Crippen LogP contribution is 2.08. The van der Waals surface area contributed by atoms with Gasteiger partial charge in [-0.2, -0.15) is 4.99 Å². The lowest BCUT2D eigenvalue weighted by molar-refractivity contribution is 0.0605. The zero-order valence-electron chi connectivity index (χ0n) is 7.17. The van der Waals surface area contributed by atoms with Gasteiger partial charge in [-0.3, -0.25) is 0 Å². The van der Waals surface area contributed by atoms with Gasteiger partial charge >= 0.3 is 6.09 Å². The molecule has 0 fully saturated rings. The van der Waals surface area contributed by atoms with E-state index in [2.05, 4.69) is 4.99 Å². The van der Waals surface area contributed by atoms with Gasteiger partial charge in [0.25, 0.3) is 0 Å². The van der Waals surface area contributed by atoms with E-state index in [1.54, 1.807) is 20.8 Å². The molecular formula is C7H11Cl2NO2. The van der Waals surface area contributed by atoms with Crippen LogP contribution in [0.1, 0.15) is 20.8 Å². The Morgan fingerprint density at radius 3 is 2.33 bits per heavy atom. The van der Waals surface area contributed by atoms with E-state index in [0.29, 0.717) is 0 Å². The lowest BCUT2D eigenvalue weighted by atomic mass is 10.2. The van der Waals surface area contributed by atoms with Gasteiger partial charge in [0.15, 0.2) is 0 Å². The van der Waals surface area contributed by atoms with Gasteiger partial charge in [0.05, 0.1) is 0 Å². The number of halogens is 2. The molecule has 0 aromatic rings. The van der Waals surface area contributed by atoms with E-state index in [-0.39, 0.29) is 0 Å². The zero-order valence-corrected chi connectivity index (χ0v) is 8.69. The Morgan fingerprint density at radius 1 is 1.50 bits per heavy atom. The van der Waals surface area contributed by atoms with Crippen molar-refractivity contribution < 1.29 is 9.53 Å². The highest BCUT2D eigenvalue weighted by molar-refractivity contribution is 6.51. The summed E-state index contributed by atoms with van der Waals surface area (Å²) < 4.78 is 4.83. The van der Waals surface area contributed by atoms with Crippen molar-refractivity contribution in [2.45, 2.75) is 31.2 Å². The van der Waals surface area contributed by atoms with Crippen LogP contribution >= 0.6 is 23.2 Å². The van der Waals surface area contributed by atoms with Crippen molar-refractivity contribution in [2.24, 2.45) is 4.99 Å². The van der Waals surface area contributed by atoms with Crippen LogP contribution in [0.15, 0.2) is 4.99 Å². The molecule has 0 aliphatic rings. The summed E-state index contributed by atoms with van der Waals surface area (Å²) in [4.78, 5) is 13.4. The maximum absolute atomic E-state index is 10.8. The van der Waals surface area contributed by atoms with Crippen LogP contribution in [0.5, 0.6) is 0 Å². The first-order chi connectivity index (χ1) is 5.31. The molecular weight excluding hydrogens is 201 g/mol. The standard InChI is InChI=1S/C7H11Cl2NO2/c1-7(2,3)12-6(11)10-4-5(8)9/h4-5H,1-3H3. The lowest BCUT2D eigenvalue weighted by Crippen LogP contribution is -2.22. The molecule has 0 rings (SSSR count). The minimum absolute atomic E-state index is 0.539. The lowest BCUT2D eigenvalue weighted by Gasteiger charge is -2.17. The second-order valence-corrected chi connectivity index (χ2v) is 4.26. The average molecular weight is 212 g/mol. The Hall–Kier alpha value is -0.280. The molecule has 0 heterocycles. The minimum Gasteiger partial charge on any atom is -0.442 e. The van der Waals surface area contributed by atoms with Crippen LogP contribution in [0.25, 0.3) is 0 Å². The number of aliphatic imine (C=N–C) groups is 1. The molecule has 0 unspecified atom stereocenters. The number of ether oxygens (including phenoxy) is 1. The van der Waals surface area contributed by atoms with E-state index in [4.69, 9.17) is 27.9 Å². The molecule has 70 valence electrons. The number of alkyl halides is 2. The highest BCUT2D eigenvalue weighted by atomic mass is 35.5. The monoisotopic (exact) mass is 211 g/mol. The number of hydrogen-bond acceptors (Lipinski definition) is 2. The van der Waals surface area contributed by atoms with Crippen molar-refractivity contribution in [1.82, 2.24) is 0 Å². The third-order valence-electron chi connectivity index (χ3n) is 0.686. The molecule has 0 aliphatic carbocycles. The molecule has 0 bridgehead atoms. The number of amides is 1. The first-order valence-electron chi connectivity index (χ1n) is 3.36. The average Bonchev–Trinajstić information content (AvgIpc) is 1.79. The second-order valence-electron chi connectivity index (χ2n) is 3.09. The van der Waals surface area contributed by atoms with Crippen molar-refractivity contribution in [3.8, 4) is 0 Å². The van der Waals surface area contributed by atoms with Crippen LogP contribution in [0.4, 0.5) is 4.79 Å². The second kappa shape index (κ2) is 4.67. The molecule has 12 heavy (non-hydrogen) atoms. The predicted octanol–water partition coefficient (Wildman–Crippen LogP) is 2.80. The molecule has 1 amide bonds. The van der Waals surface area contributed by atoms with Crippen molar-refractivity contribution in [3.05, 3.63) is 0 Å². The molecule has 0 N–H and O–H groups in total. The van der Waals surface area contributed by atoms with Crippen molar-refractivity contribution in [3.63, 3.8) is 0 Å². The van der Waals surface area contributed by atoms with Gasteiger partial charge in [0.2, 0.25) is 0 Å². The third-order valence-corrected chi connectivity index (χ3v) is 0.912. The van der Waals surface area contributed by atoms with Gasteiger partial charge in [-0.25, -0.2) is 4.79 Å². The van der Waals surface area contributed by atoms with E-state index >= 15 is 0 Å². The van der Waals surface area contributed by atoms with Gasteiger partial charge in [-0.05, 0) is 20.8 Å². The van der Waals surface area contributed by atoms with Crippen LogP contribution in [-0.4, -0.2) is 22.7 Å². The Kier molecular flexibility index (Phi) is 4.57. The highest BCUT2D eigenvalue weighted by Gasteiger charge is 2.14. The van der Waals surface area contributed by atoms with E-state index in [1.807, 2.05) is 0 Å². The number of rotatable bonds is 1. The zero-order chi connectivity index (χ0) is 9.78. The van der Waals surface area contributed by atoms with E-state index in [1.165, 1.54) is 0 Å². The van der Waals surface area contributed by atoms with Crippen molar-refractivity contribution in [2.75, 3.05) is 0 Å². The van der Waals surface area contributed by atoms with Crippen molar-refractivity contribution in [1.29, 1.82) is 0 Å². The van der Waals surface area contributed by atoms with Crippen LogP contribution in [0.2, 0.25) is 0 Å². The van der Waals surface area contributed by atoms with Gasteiger partial charge in [0, 0.05) is 6.21 Å². The molecule has 0 saturated heterocycles. The topological polar surface area (TPSA) is 38.7 Å². The number of carbonyl (C=O) groups is 1. The molecule has 0 aromatic carbocycles. The molecule has 0 radical (unpaired) electrons. The van der Waals surface area contributed by atoms with E-state index in [0.717, 1.165) is 6.21 Å². The minimum atomic E-state index is -0.780. The van der Waals surface area contributed by atoms with E-state index in [9.17, 15) is 4.79 Å². The fraction of sp³-hybridized carbons (Fsp3) is 0.714. The van der Waals surface area contributed by atoms with Crippen LogP contribution in [0, 0.1) is 0 Å². The van der Waals surface area contributed by atoms with Gasteiger partial charge < -0.3 is 4.74 Å². The first kappa shape index (κ1) is 11.7. The van der Waals surface area contributed by atoms with Crippen LogP contribution in [0.3, 0.4) is 0 Å². The summed E-state index contributed by atoms with van der Waals surface area (Å²) >= 11 is 10.6. The summed E-state index contributed by atoms with van der Waals surface area (Å²) in [5.74, 6) is 0. The van der Waals surface area contributed by atoms with Crippen molar-refractivity contribution >= 4 is 35.5 Å². The number of nitrogens with zero attached hydrogens (tertiary/aromatic N) is 1. The normalized spacial score (nSPS) is 12.5. The third kappa shape index (κ3) is 7.82. The van der Waals surface area contributed by atoms with Gasteiger partial charge in [0.1, 0.15) is 10.4 Å². The Bertz CT molecular complexity index is 184. The Labute approximate surface area is 81.7 Å². The SMILES string of the molecule is CC(C)(C)OC(=O)N=CC(Cl)Cl. The summed E-state index contributed by atoms with van der Waals surface area (Å²) in [6.07, 6.45) is 0.422. The molecule has 3 nitrogen and oxygen atoms in total. The first-order valence-corrected chi connectivity index (χ1v) is 4.24. The Balaban J connectivity index is 3.91. The van der Waals surface area contributed by atoms with E-state index < -0.39 is 16.5 Å². The smallest absolute Gasteiger partial charge is 0.433 e. The maximum atomic E-state index is 10.8. The largest absolute Gasteiger partial charge is 0.442 e. The maximum Gasteiger partial charge on any atom is 0.433 e. The molecule has 0 atom stereocenters. The quantitative estimate of drug-likeness (QED) is 0.495. The molecule has 0 spiro atoms. The fourth-order valence-corrected chi connectivity index (χ4v) is 0.518. The fourth-order valence-electron chi connectivity index (χ4n) is 0.405. The van der Waals surface area contributed by atoms with Crippen LogP contribution in [-0.2, 0) is 4.74 Å². The van der Waals surface area contributed by atoms with Gasteiger partial charge in [-0.1, -0.05) is 23.2 Å². The predicted molar refractivity (Wildman–Crippen MR) is 50.2 cm³/mol. The molecule has 0 aromatic heterocycles. The number of carbonyl (C=O) groups excluding carboxylic acids is 1. The summed E-state index contributed by atoms with van der Waals surface area (Å²) in [6.45, 7) is 5.25. The van der Waals surface area contributed by atoms with Gasteiger partial charge in [-0.15, -0.1) is 0 Å². The van der Waals surface area contributed by atoms with Crippen LogP contribution < -0.4 is 0 Å². The number of hydrogen-bond donors (Lipinski definition) is 0. The summed E-state index contributed by atoms with van der Waals surface area (Å²) in [5, 5.41) is 0. The molecule has 0 saturated carbocycles. The summed E-state index contributed by atoms with van der Waals surface area (Å²) in [6, 6.07) is 0. The molecule has 5 heteroatoms. The molecule has 0 aliphatic heterocycles.